The average molecular weight is 398 g/mol. The largest absolute Gasteiger partial charge is 0.444 e. The smallest absolute Gasteiger partial charge is 0.407 e. The first-order valence-corrected chi connectivity index (χ1v) is 9.73. The summed E-state index contributed by atoms with van der Waals surface area (Å²) in [5.41, 5.74) is 0.691. The number of hydrogen-bond acceptors (Lipinski definition) is 7. The molecule has 1 aliphatic heterocycles. The molecule has 1 aliphatic rings. The number of pyridine rings is 1. The number of rotatable bonds is 4. The van der Waals surface area contributed by atoms with E-state index in [1.165, 1.54) is 12.4 Å². The van der Waals surface area contributed by atoms with E-state index >= 15 is 0 Å². The summed E-state index contributed by atoms with van der Waals surface area (Å²) in [6, 6.07) is 3.78. The van der Waals surface area contributed by atoms with Crippen molar-refractivity contribution >= 4 is 17.3 Å². The molecule has 3 heterocycles. The second-order valence-corrected chi connectivity index (χ2v) is 8.19. The molecule has 0 aromatic carbocycles. The third kappa shape index (κ3) is 5.51. The minimum Gasteiger partial charge on any atom is -0.444 e. The van der Waals surface area contributed by atoms with Gasteiger partial charge in [-0.15, -0.1) is 0 Å². The predicted octanol–water partition coefficient (Wildman–Crippen LogP) is 1.65. The van der Waals surface area contributed by atoms with Crippen molar-refractivity contribution in [3.05, 3.63) is 34.4 Å². The first-order chi connectivity index (χ1) is 13.7. The molecule has 29 heavy (non-hydrogen) atoms. The van der Waals surface area contributed by atoms with Crippen molar-refractivity contribution in [2.24, 2.45) is 0 Å². The lowest BCUT2D eigenvalue weighted by Crippen LogP contribution is -2.46. The second kappa shape index (κ2) is 8.57. The van der Waals surface area contributed by atoms with E-state index in [0.717, 1.165) is 25.9 Å². The van der Waals surface area contributed by atoms with Gasteiger partial charge in [-0.25, -0.2) is 14.8 Å². The highest BCUT2D eigenvalue weighted by atomic mass is 16.6. The number of nitrogens with one attached hydrogen (secondary N) is 1. The normalized spacial score (nSPS) is 15.8. The van der Waals surface area contributed by atoms with E-state index < -0.39 is 5.60 Å². The van der Waals surface area contributed by atoms with Crippen LogP contribution in [-0.4, -0.2) is 56.8 Å². The summed E-state index contributed by atoms with van der Waals surface area (Å²) >= 11 is 0. The summed E-state index contributed by atoms with van der Waals surface area (Å²) in [4.78, 5) is 34.7. The SMILES string of the molecule is CC(C)(C)OC(=O)NC1CCN(CCn2c(=O)cnc3ncc(C#N)cc32)CC1. The molecule has 0 atom stereocenters. The highest BCUT2D eigenvalue weighted by Gasteiger charge is 2.23. The van der Waals surface area contributed by atoms with Crippen molar-refractivity contribution in [1.82, 2.24) is 24.8 Å². The first-order valence-electron chi connectivity index (χ1n) is 9.73. The summed E-state index contributed by atoms with van der Waals surface area (Å²) in [6.07, 6.45) is 3.98. The Labute approximate surface area is 169 Å². The number of aromatic nitrogens is 3. The first kappa shape index (κ1) is 20.7. The lowest BCUT2D eigenvalue weighted by Gasteiger charge is -2.33. The summed E-state index contributed by atoms with van der Waals surface area (Å²) < 4.78 is 6.92. The molecule has 2 aromatic heterocycles. The molecular formula is C20H26N6O3. The molecule has 9 heteroatoms. The molecule has 1 N–H and O–H groups in total. The van der Waals surface area contributed by atoms with Gasteiger partial charge in [0.2, 0.25) is 0 Å². The fourth-order valence-corrected chi connectivity index (χ4v) is 3.36. The summed E-state index contributed by atoms with van der Waals surface area (Å²) in [7, 11) is 0. The Hall–Kier alpha value is -2.99. The van der Waals surface area contributed by atoms with Gasteiger partial charge in [-0.05, 0) is 39.7 Å². The Kier molecular flexibility index (Phi) is 6.13. The highest BCUT2D eigenvalue weighted by Crippen LogP contribution is 2.14. The molecule has 0 unspecified atom stereocenters. The van der Waals surface area contributed by atoms with Gasteiger partial charge in [0.1, 0.15) is 11.7 Å². The minimum atomic E-state index is -0.508. The molecule has 0 aliphatic carbocycles. The number of nitrogens with zero attached hydrogens (tertiary/aromatic N) is 5. The van der Waals surface area contributed by atoms with Gasteiger partial charge in [0.05, 0.1) is 17.3 Å². The van der Waals surface area contributed by atoms with E-state index in [9.17, 15) is 9.59 Å². The van der Waals surface area contributed by atoms with Crippen LogP contribution in [0.3, 0.4) is 0 Å². The molecule has 3 rings (SSSR count). The van der Waals surface area contributed by atoms with E-state index in [2.05, 4.69) is 20.2 Å². The number of amides is 1. The van der Waals surface area contributed by atoms with Crippen LogP contribution in [0.15, 0.2) is 23.3 Å². The number of nitriles is 1. The Morgan fingerprint density at radius 3 is 2.62 bits per heavy atom. The van der Waals surface area contributed by atoms with Crippen LogP contribution in [0.1, 0.15) is 39.2 Å². The maximum absolute atomic E-state index is 12.3. The number of hydrogen-bond donors (Lipinski definition) is 1. The Morgan fingerprint density at radius 1 is 1.28 bits per heavy atom. The van der Waals surface area contributed by atoms with Crippen LogP contribution >= 0.6 is 0 Å². The van der Waals surface area contributed by atoms with Crippen molar-refractivity contribution in [2.75, 3.05) is 19.6 Å². The van der Waals surface area contributed by atoms with Crippen molar-refractivity contribution in [3.63, 3.8) is 0 Å². The van der Waals surface area contributed by atoms with Gasteiger partial charge >= 0.3 is 6.09 Å². The van der Waals surface area contributed by atoms with Crippen LogP contribution in [0, 0.1) is 11.3 Å². The fourth-order valence-electron chi connectivity index (χ4n) is 3.36. The molecule has 1 fully saturated rings. The maximum Gasteiger partial charge on any atom is 0.407 e. The molecule has 9 nitrogen and oxygen atoms in total. The standard InChI is InChI=1S/C20H26N6O3/c1-20(2,3)29-19(28)24-15-4-6-25(7-5-15)8-9-26-16-10-14(11-21)12-22-18(16)23-13-17(26)27/h10,12-13,15H,4-9H2,1-3H3,(H,24,28). The van der Waals surface area contributed by atoms with Crippen LogP contribution < -0.4 is 10.9 Å². The predicted molar refractivity (Wildman–Crippen MR) is 107 cm³/mol. The quantitative estimate of drug-likeness (QED) is 0.833. The number of carbonyl (C=O) groups excluding carboxylic acids is 1. The highest BCUT2D eigenvalue weighted by molar-refractivity contribution is 5.71. The molecule has 1 saturated heterocycles. The topological polar surface area (TPSA) is 113 Å². The van der Waals surface area contributed by atoms with Crippen molar-refractivity contribution in [1.29, 1.82) is 5.26 Å². The number of alkyl carbamates (subject to hydrolysis) is 1. The van der Waals surface area contributed by atoms with Gasteiger partial charge in [-0.2, -0.15) is 5.26 Å². The molecule has 0 radical (unpaired) electrons. The van der Waals surface area contributed by atoms with Gasteiger partial charge < -0.3 is 19.5 Å². The third-order valence-corrected chi connectivity index (χ3v) is 4.78. The lowest BCUT2D eigenvalue weighted by molar-refractivity contribution is 0.0478. The van der Waals surface area contributed by atoms with E-state index in [0.29, 0.717) is 29.8 Å². The van der Waals surface area contributed by atoms with E-state index in [4.69, 9.17) is 10.00 Å². The molecule has 2 aromatic rings. The van der Waals surface area contributed by atoms with Gasteiger partial charge in [-0.1, -0.05) is 0 Å². The van der Waals surface area contributed by atoms with E-state index in [1.807, 2.05) is 26.8 Å². The van der Waals surface area contributed by atoms with Crippen LogP contribution in [-0.2, 0) is 11.3 Å². The van der Waals surface area contributed by atoms with Crippen molar-refractivity contribution in [3.8, 4) is 6.07 Å². The number of carbonyl (C=O) groups is 1. The zero-order valence-electron chi connectivity index (χ0n) is 17.0. The molecule has 154 valence electrons. The Balaban J connectivity index is 1.57. The van der Waals surface area contributed by atoms with Crippen LogP contribution in [0.25, 0.3) is 11.2 Å². The molecule has 1 amide bonds. The third-order valence-electron chi connectivity index (χ3n) is 4.78. The van der Waals surface area contributed by atoms with E-state index in [-0.39, 0.29) is 17.7 Å². The Morgan fingerprint density at radius 2 is 1.97 bits per heavy atom. The van der Waals surface area contributed by atoms with Crippen molar-refractivity contribution < 1.29 is 9.53 Å². The van der Waals surface area contributed by atoms with Crippen LogP contribution in [0.2, 0.25) is 0 Å². The number of ether oxygens (including phenoxy) is 1. The Bertz CT molecular complexity index is 980. The van der Waals surface area contributed by atoms with Gasteiger partial charge in [0, 0.05) is 38.4 Å². The summed E-state index contributed by atoms with van der Waals surface area (Å²) in [6.45, 7) is 8.34. The molecule has 0 saturated carbocycles. The van der Waals surface area contributed by atoms with Crippen LogP contribution in [0.4, 0.5) is 4.79 Å². The summed E-state index contributed by atoms with van der Waals surface area (Å²) in [5, 5.41) is 12.0. The fraction of sp³-hybridized carbons (Fsp3) is 0.550. The minimum absolute atomic E-state index is 0.0907. The molecule has 0 spiro atoms. The van der Waals surface area contributed by atoms with E-state index in [1.54, 1.807) is 10.6 Å². The lowest BCUT2D eigenvalue weighted by atomic mass is 10.1. The van der Waals surface area contributed by atoms with Crippen molar-refractivity contribution in [2.45, 2.75) is 51.8 Å². The number of likely N-dealkylation sites (tertiary alicyclic amines) is 1. The van der Waals surface area contributed by atoms with Gasteiger partial charge in [0.15, 0.2) is 5.65 Å². The average Bonchev–Trinajstić information content (AvgIpc) is 2.66. The zero-order chi connectivity index (χ0) is 21.0. The second-order valence-electron chi connectivity index (χ2n) is 8.19. The monoisotopic (exact) mass is 398 g/mol. The number of piperidine rings is 1. The molecule has 0 bridgehead atoms. The maximum atomic E-state index is 12.3. The summed E-state index contributed by atoms with van der Waals surface area (Å²) in [5.74, 6) is 0. The van der Waals surface area contributed by atoms with Gasteiger partial charge in [-0.3, -0.25) is 4.79 Å². The zero-order valence-corrected chi connectivity index (χ0v) is 17.0. The number of fused-ring (bicyclic) bond motifs is 1. The van der Waals surface area contributed by atoms with Crippen LogP contribution in [0.5, 0.6) is 0 Å². The molecular weight excluding hydrogens is 372 g/mol. The van der Waals surface area contributed by atoms with Gasteiger partial charge in [0.25, 0.3) is 5.56 Å².